The highest BCUT2D eigenvalue weighted by atomic mass is 16.5. The lowest BCUT2D eigenvalue weighted by atomic mass is 10.0. The van der Waals surface area contributed by atoms with E-state index in [9.17, 15) is 0 Å². The molecule has 0 radical (unpaired) electrons. The van der Waals surface area contributed by atoms with Crippen molar-refractivity contribution in [2.24, 2.45) is 0 Å². The Hall–Kier alpha value is -0.900. The summed E-state index contributed by atoms with van der Waals surface area (Å²) in [4.78, 5) is 2.64. The Kier molecular flexibility index (Phi) is 6.51. The van der Waals surface area contributed by atoms with Gasteiger partial charge in [-0.3, -0.25) is 4.90 Å². The lowest BCUT2D eigenvalue weighted by Gasteiger charge is -2.34. The lowest BCUT2D eigenvalue weighted by Crippen LogP contribution is -2.45. The van der Waals surface area contributed by atoms with Crippen LogP contribution in [0.15, 0.2) is 24.3 Å². The van der Waals surface area contributed by atoms with Gasteiger partial charge in [0.2, 0.25) is 0 Å². The van der Waals surface area contributed by atoms with E-state index in [-0.39, 0.29) is 0 Å². The molecule has 0 aliphatic carbocycles. The highest BCUT2D eigenvalue weighted by molar-refractivity contribution is 5.23. The Labute approximate surface area is 123 Å². The van der Waals surface area contributed by atoms with Crippen LogP contribution in [-0.4, -0.2) is 37.7 Å². The van der Waals surface area contributed by atoms with Crippen LogP contribution in [0.3, 0.4) is 0 Å². The van der Waals surface area contributed by atoms with Crippen molar-refractivity contribution in [3.05, 3.63) is 35.4 Å². The first kappa shape index (κ1) is 15.5. The van der Waals surface area contributed by atoms with Gasteiger partial charge in [0.15, 0.2) is 0 Å². The molecule has 0 aromatic heterocycles. The molecule has 0 amide bonds. The van der Waals surface area contributed by atoms with Gasteiger partial charge in [-0.2, -0.15) is 0 Å². The Morgan fingerprint density at radius 1 is 1.35 bits per heavy atom. The molecule has 112 valence electrons. The van der Waals surface area contributed by atoms with E-state index in [2.05, 4.69) is 41.4 Å². The number of piperidine rings is 1. The minimum Gasteiger partial charge on any atom is -0.380 e. The van der Waals surface area contributed by atoms with Crippen LogP contribution in [0.4, 0.5) is 0 Å². The van der Waals surface area contributed by atoms with Crippen LogP contribution in [0, 0.1) is 0 Å². The average Bonchev–Trinajstić information content (AvgIpc) is 2.48. The Morgan fingerprint density at radius 2 is 2.20 bits per heavy atom. The smallest absolute Gasteiger partial charge is 0.0713 e. The fourth-order valence-corrected chi connectivity index (χ4v) is 3.04. The summed E-state index contributed by atoms with van der Waals surface area (Å²) in [5.74, 6) is 0. The average molecular weight is 276 g/mol. The molecule has 0 bridgehead atoms. The maximum Gasteiger partial charge on any atom is 0.0713 e. The van der Waals surface area contributed by atoms with Gasteiger partial charge in [-0.1, -0.05) is 31.2 Å². The molecule has 1 heterocycles. The van der Waals surface area contributed by atoms with Crippen LogP contribution in [0.2, 0.25) is 0 Å². The molecule has 0 saturated carbocycles. The zero-order valence-corrected chi connectivity index (χ0v) is 12.9. The number of hydrogen-bond donors (Lipinski definition) is 1. The van der Waals surface area contributed by atoms with E-state index in [1.165, 1.54) is 43.5 Å². The van der Waals surface area contributed by atoms with E-state index in [0.29, 0.717) is 12.6 Å². The van der Waals surface area contributed by atoms with Gasteiger partial charge in [0.05, 0.1) is 6.61 Å². The van der Waals surface area contributed by atoms with Crippen molar-refractivity contribution in [1.82, 2.24) is 10.2 Å². The lowest BCUT2D eigenvalue weighted by molar-refractivity contribution is 0.157. The normalized spacial score (nSPS) is 19.4. The molecule has 20 heavy (non-hydrogen) atoms. The highest BCUT2D eigenvalue weighted by Gasteiger charge is 2.20. The minimum absolute atomic E-state index is 0.690. The summed E-state index contributed by atoms with van der Waals surface area (Å²) in [5, 5.41) is 3.53. The van der Waals surface area contributed by atoms with Gasteiger partial charge >= 0.3 is 0 Å². The molecular weight excluding hydrogens is 248 g/mol. The number of methoxy groups -OCH3 is 1. The molecule has 1 fully saturated rings. The van der Waals surface area contributed by atoms with Crippen molar-refractivity contribution >= 4 is 0 Å². The van der Waals surface area contributed by atoms with E-state index in [1.54, 1.807) is 7.11 Å². The van der Waals surface area contributed by atoms with E-state index < -0.39 is 0 Å². The number of nitrogens with one attached hydrogen (secondary N) is 1. The van der Waals surface area contributed by atoms with Gasteiger partial charge in [-0.15, -0.1) is 0 Å². The van der Waals surface area contributed by atoms with Crippen LogP contribution >= 0.6 is 0 Å². The summed E-state index contributed by atoms with van der Waals surface area (Å²) in [5.41, 5.74) is 2.67. The van der Waals surface area contributed by atoms with Gasteiger partial charge in [0.25, 0.3) is 0 Å². The van der Waals surface area contributed by atoms with Crippen molar-refractivity contribution < 1.29 is 4.74 Å². The van der Waals surface area contributed by atoms with Gasteiger partial charge in [-0.05, 0) is 43.5 Å². The maximum absolute atomic E-state index is 5.23. The van der Waals surface area contributed by atoms with Gasteiger partial charge in [-0.25, -0.2) is 0 Å². The zero-order chi connectivity index (χ0) is 14.2. The van der Waals surface area contributed by atoms with Gasteiger partial charge in [0, 0.05) is 26.2 Å². The van der Waals surface area contributed by atoms with Crippen molar-refractivity contribution in [2.45, 2.75) is 45.4 Å². The van der Waals surface area contributed by atoms with Crippen molar-refractivity contribution in [2.75, 3.05) is 26.7 Å². The minimum atomic E-state index is 0.690. The zero-order valence-electron chi connectivity index (χ0n) is 12.9. The molecule has 0 spiro atoms. The SMILES string of the molecule is CCCN(Cc1cccc(COC)c1)C1CCCNC1. The molecule has 3 heteroatoms. The molecular formula is C17H28N2O. The second kappa shape index (κ2) is 8.40. The molecule has 1 atom stereocenters. The van der Waals surface area contributed by atoms with Gasteiger partial charge < -0.3 is 10.1 Å². The summed E-state index contributed by atoms with van der Waals surface area (Å²) in [6.07, 6.45) is 3.84. The molecule has 1 aromatic rings. The summed E-state index contributed by atoms with van der Waals surface area (Å²) in [7, 11) is 1.75. The second-order valence-corrected chi connectivity index (χ2v) is 5.72. The molecule has 1 aliphatic heterocycles. The summed E-state index contributed by atoms with van der Waals surface area (Å²) < 4.78 is 5.23. The van der Waals surface area contributed by atoms with Gasteiger partial charge in [0.1, 0.15) is 0 Å². The molecule has 3 nitrogen and oxygen atoms in total. The first-order valence-corrected chi connectivity index (χ1v) is 7.85. The number of hydrogen-bond acceptors (Lipinski definition) is 3. The third-order valence-corrected chi connectivity index (χ3v) is 3.99. The fraction of sp³-hybridized carbons (Fsp3) is 0.647. The van der Waals surface area contributed by atoms with E-state index >= 15 is 0 Å². The second-order valence-electron chi connectivity index (χ2n) is 5.72. The Morgan fingerprint density at radius 3 is 2.90 bits per heavy atom. The predicted molar refractivity (Wildman–Crippen MR) is 83.7 cm³/mol. The Balaban J connectivity index is 2.00. The number of nitrogens with zero attached hydrogens (tertiary/aromatic N) is 1. The molecule has 1 N–H and O–H groups in total. The third-order valence-electron chi connectivity index (χ3n) is 3.99. The number of rotatable bonds is 7. The third kappa shape index (κ3) is 4.58. The van der Waals surface area contributed by atoms with E-state index in [0.717, 1.165) is 13.1 Å². The monoisotopic (exact) mass is 276 g/mol. The predicted octanol–water partition coefficient (Wildman–Crippen LogP) is 2.80. The van der Waals surface area contributed by atoms with Crippen LogP contribution in [-0.2, 0) is 17.9 Å². The van der Waals surface area contributed by atoms with Crippen LogP contribution in [0.25, 0.3) is 0 Å². The highest BCUT2D eigenvalue weighted by Crippen LogP contribution is 2.16. The molecule has 2 rings (SSSR count). The molecule has 1 aliphatic rings. The largest absolute Gasteiger partial charge is 0.380 e. The van der Waals surface area contributed by atoms with Crippen molar-refractivity contribution in [1.29, 1.82) is 0 Å². The maximum atomic E-state index is 5.23. The summed E-state index contributed by atoms with van der Waals surface area (Å²) >= 11 is 0. The van der Waals surface area contributed by atoms with Crippen LogP contribution in [0.1, 0.15) is 37.3 Å². The fourth-order valence-electron chi connectivity index (χ4n) is 3.04. The molecule has 1 unspecified atom stereocenters. The summed E-state index contributed by atoms with van der Waals surface area (Å²) in [6.45, 7) is 7.52. The van der Waals surface area contributed by atoms with E-state index in [1.807, 2.05) is 0 Å². The molecule has 1 aromatic carbocycles. The number of benzene rings is 1. The summed E-state index contributed by atoms with van der Waals surface area (Å²) in [6, 6.07) is 9.49. The standard InChI is InChI=1S/C17H28N2O/c1-3-10-19(17-8-5-9-18-12-17)13-15-6-4-7-16(11-15)14-20-2/h4,6-7,11,17-18H,3,5,8-10,12-14H2,1-2H3. The van der Waals surface area contributed by atoms with Crippen molar-refractivity contribution in [3.63, 3.8) is 0 Å². The first-order chi connectivity index (χ1) is 9.83. The van der Waals surface area contributed by atoms with Crippen LogP contribution < -0.4 is 5.32 Å². The van der Waals surface area contributed by atoms with E-state index in [4.69, 9.17) is 4.74 Å². The topological polar surface area (TPSA) is 24.5 Å². The first-order valence-electron chi connectivity index (χ1n) is 7.85. The Bertz CT molecular complexity index is 388. The van der Waals surface area contributed by atoms with Crippen LogP contribution in [0.5, 0.6) is 0 Å². The number of ether oxygens (including phenoxy) is 1. The molecule has 1 saturated heterocycles. The quantitative estimate of drug-likeness (QED) is 0.829. The van der Waals surface area contributed by atoms with Crippen molar-refractivity contribution in [3.8, 4) is 0 Å².